The molecule has 0 radical (unpaired) electrons. The first-order valence-corrected chi connectivity index (χ1v) is 8.10. The zero-order valence-corrected chi connectivity index (χ0v) is 15.9. The van der Waals surface area contributed by atoms with Gasteiger partial charge in [-0.2, -0.15) is 0 Å². The van der Waals surface area contributed by atoms with Crippen LogP contribution in [0.5, 0.6) is 5.75 Å². The molecular weight excluding hydrogens is 386 g/mol. The molecule has 1 amide bonds. The van der Waals surface area contributed by atoms with Crippen LogP contribution in [0.2, 0.25) is 0 Å². The van der Waals surface area contributed by atoms with Crippen molar-refractivity contribution < 1.29 is 24.0 Å². The lowest BCUT2D eigenvalue weighted by molar-refractivity contribution is 0.0692. The van der Waals surface area contributed by atoms with E-state index in [1.165, 1.54) is 13.3 Å². The molecule has 0 unspecified atom stereocenters. The summed E-state index contributed by atoms with van der Waals surface area (Å²) in [5.41, 5.74) is 0.857. The lowest BCUT2D eigenvalue weighted by Gasteiger charge is -2.11. The number of hydrogen-bond donors (Lipinski definition) is 2. The van der Waals surface area contributed by atoms with Gasteiger partial charge in [-0.15, -0.1) is 12.4 Å². The van der Waals surface area contributed by atoms with Crippen LogP contribution in [-0.2, 0) is 0 Å². The number of hydrogen-bond acceptors (Lipinski definition) is 6. The number of benzene rings is 1. The molecule has 0 fully saturated rings. The highest BCUT2D eigenvalue weighted by Gasteiger charge is 2.28. The number of aromatic carboxylic acids is 1. The first-order valence-electron chi connectivity index (χ1n) is 8.10. The van der Waals surface area contributed by atoms with Crippen molar-refractivity contribution >= 4 is 24.3 Å². The number of ether oxygens (including phenoxy) is 1. The molecule has 0 aliphatic rings. The number of carbonyl (C=O) groups is 2. The number of carbonyl (C=O) groups excluding carboxylic acids is 1. The Hall–Kier alpha value is -3.39. The smallest absolute Gasteiger partial charge is 0.341 e. The van der Waals surface area contributed by atoms with Crippen LogP contribution in [0, 0.1) is 0 Å². The number of carboxylic acids is 1. The third-order valence-electron chi connectivity index (χ3n) is 3.93. The summed E-state index contributed by atoms with van der Waals surface area (Å²) in [5.74, 6) is -0.953. The summed E-state index contributed by atoms with van der Waals surface area (Å²) in [5, 5.41) is 16.2. The maximum absolute atomic E-state index is 12.3. The first kappa shape index (κ1) is 20.9. The van der Waals surface area contributed by atoms with Crippen molar-refractivity contribution in [2.24, 2.45) is 0 Å². The van der Waals surface area contributed by atoms with Crippen LogP contribution < -0.4 is 10.1 Å². The Morgan fingerprint density at radius 1 is 1.18 bits per heavy atom. The van der Waals surface area contributed by atoms with Gasteiger partial charge in [0.1, 0.15) is 22.7 Å². The third-order valence-corrected chi connectivity index (χ3v) is 3.93. The molecule has 0 aliphatic carbocycles. The van der Waals surface area contributed by atoms with Crippen LogP contribution in [0.4, 0.5) is 0 Å². The van der Waals surface area contributed by atoms with Gasteiger partial charge < -0.3 is 19.7 Å². The molecule has 2 heterocycles. The first-order chi connectivity index (χ1) is 13.0. The molecule has 8 nitrogen and oxygen atoms in total. The molecule has 2 aromatic heterocycles. The maximum atomic E-state index is 12.3. The van der Waals surface area contributed by atoms with E-state index < -0.39 is 17.9 Å². The Morgan fingerprint density at radius 3 is 2.46 bits per heavy atom. The summed E-state index contributed by atoms with van der Waals surface area (Å²) in [4.78, 5) is 28.0. The summed E-state index contributed by atoms with van der Waals surface area (Å²) in [6.45, 7) is 1.62. The Balaban J connectivity index is 0.00000280. The van der Waals surface area contributed by atoms with Gasteiger partial charge in [0.2, 0.25) is 0 Å². The third kappa shape index (κ3) is 4.29. The highest BCUT2D eigenvalue weighted by atomic mass is 35.5. The summed E-state index contributed by atoms with van der Waals surface area (Å²) in [6, 6.07) is 11.0. The maximum Gasteiger partial charge on any atom is 0.341 e. The van der Waals surface area contributed by atoms with Gasteiger partial charge in [0.05, 0.1) is 13.2 Å². The zero-order chi connectivity index (χ0) is 19.4. The van der Waals surface area contributed by atoms with Gasteiger partial charge in [0, 0.05) is 11.8 Å². The highest BCUT2D eigenvalue weighted by molar-refractivity contribution is 5.96. The summed E-state index contributed by atoms with van der Waals surface area (Å²) >= 11 is 0. The topological polar surface area (TPSA) is 115 Å². The van der Waals surface area contributed by atoms with Gasteiger partial charge in [-0.3, -0.25) is 9.78 Å². The minimum Gasteiger partial charge on any atom is -0.497 e. The number of amides is 1. The van der Waals surface area contributed by atoms with Gasteiger partial charge in [0.15, 0.2) is 5.76 Å². The SMILES string of the molecule is COc1ccc(-c2noc([C@@H](C)NC(=O)c3ccccn3)c2C(=O)O)cc1.Cl. The predicted octanol–water partition coefficient (Wildman–Crippen LogP) is 3.36. The number of aromatic nitrogens is 2. The van der Waals surface area contributed by atoms with E-state index in [1.54, 1.807) is 49.4 Å². The molecule has 0 bridgehead atoms. The number of nitrogens with zero attached hydrogens (tertiary/aromatic N) is 2. The second-order valence-corrected chi connectivity index (χ2v) is 5.71. The molecule has 146 valence electrons. The Bertz CT molecular complexity index is 957. The van der Waals surface area contributed by atoms with Crippen molar-refractivity contribution in [2.45, 2.75) is 13.0 Å². The summed E-state index contributed by atoms with van der Waals surface area (Å²) in [6.07, 6.45) is 1.50. The monoisotopic (exact) mass is 403 g/mol. The second-order valence-electron chi connectivity index (χ2n) is 5.71. The molecule has 2 N–H and O–H groups in total. The molecule has 0 spiro atoms. The molecule has 9 heteroatoms. The molecule has 3 aromatic rings. The van der Waals surface area contributed by atoms with Crippen LogP contribution in [0.3, 0.4) is 0 Å². The summed E-state index contributed by atoms with van der Waals surface area (Å²) in [7, 11) is 1.54. The normalized spacial score (nSPS) is 11.2. The van der Waals surface area contributed by atoms with Crippen LogP contribution in [0.25, 0.3) is 11.3 Å². The number of halogens is 1. The fraction of sp³-hybridized carbons (Fsp3) is 0.158. The van der Waals surface area contributed by atoms with E-state index in [1.807, 2.05) is 0 Å². The fourth-order valence-electron chi connectivity index (χ4n) is 2.58. The highest BCUT2D eigenvalue weighted by Crippen LogP contribution is 2.30. The largest absolute Gasteiger partial charge is 0.497 e. The number of rotatable bonds is 6. The quantitative estimate of drug-likeness (QED) is 0.648. The lowest BCUT2D eigenvalue weighted by atomic mass is 10.0. The number of pyridine rings is 1. The van der Waals surface area contributed by atoms with Crippen molar-refractivity contribution in [1.29, 1.82) is 0 Å². The standard InChI is InChI=1S/C19H17N3O5.ClH/c1-11(21-18(23)14-5-3-4-10-20-14)17-15(19(24)25)16(22-27-17)12-6-8-13(26-2)9-7-12;/h3-11H,1-2H3,(H,21,23)(H,24,25);1H/t11-;/m1./s1. The van der Waals surface area contributed by atoms with E-state index in [9.17, 15) is 14.7 Å². The molecule has 3 rings (SSSR count). The second kappa shape index (κ2) is 9.01. The van der Waals surface area contributed by atoms with Crippen molar-refractivity contribution in [2.75, 3.05) is 7.11 Å². The molecule has 0 saturated heterocycles. The molecule has 0 aliphatic heterocycles. The van der Waals surface area contributed by atoms with Crippen LogP contribution in [-0.4, -0.2) is 34.2 Å². The van der Waals surface area contributed by atoms with Crippen molar-refractivity contribution in [3.63, 3.8) is 0 Å². The van der Waals surface area contributed by atoms with Gasteiger partial charge in [-0.05, 0) is 43.3 Å². The van der Waals surface area contributed by atoms with Crippen molar-refractivity contribution in [3.8, 4) is 17.0 Å². The van der Waals surface area contributed by atoms with Gasteiger partial charge in [-0.25, -0.2) is 4.79 Å². The van der Waals surface area contributed by atoms with Gasteiger partial charge in [-0.1, -0.05) is 11.2 Å². The number of carboxylic acid groups (broad SMARTS) is 1. The van der Waals surface area contributed by atoms with E-state index in [0.29, 0.717) is 11.3 Å². The molecular formula is C19H18ClN3O5. The lowest BCUT2D eigenvalue weighted by Crippen LogP contribution is -2.28. The van der Waals surface area contributed by atoms with Crippen LogP contribution in [0.15, 0.2) is 53.2 Å². The molecule has 28 heavy (non-hydrogen) atoms. The van der Waals surface area contributed by atoms with Crippen LogP contribution >= 0.6 is 12.4 Å². The minimum atomic E-state index is -1.20. The average Bonchev–Trinajstić information content (AvgIpc) is 3.14. The molecule has 1 aromatic carbocycles. The molecule has 0 saturated carbocycles. The molecule has 1 atom stereocenters. The summed E-state index contributed by atoms with van der Waals surface area (Å²) < 4.78 is 10.4. The van der Waals surface area contributed by atoms with Crippen molar-refractivity contribution in [1.82, 2.24) is 15.5 Å². The number of nitrogens with one attached hydrogen (secondary N) is 1. The van der Waals surface area contributed by atoms with E-state index in [4.69, 9.17) is 9.26 Å². The Labute approximate surface area is 166 Å². The van der Waals surface area contributed by atoms with E-state index in [-0.39, 0.29) is 35.1 Å². The van der Waals surface area contributed by atoms with Gasteiger partial charge >= 0.3 is 5.97 Å². The van der Waals surface area contributed by atoms with Gasteiger partial charge in [0.25, 0.3) is 5.91 Å². The van der Waals surface area contributed by atoms with Crippen molar-refractivity contribution in [3.05, 3.63) is 65.7 Å². The van der Waals surface area contributed by atoms with E-state index >= 15 is 0 Å². The Morgan fingerprint density at radius 2 is 1.89 bits per heavy atom. The average molecular weight is 404 g/mol. The van der Waals surface area contributed by atoms with E-state index in [2.05, 4.69) is 15.5 Å². The zero-order valence-electron chi connectivity index (χ0n) is 15.1. The predicted molar refractivity (Wildman–Crippen MR) is 103 cm³/mol. The fourth-order valence-corrected chi connectivity index (χ4v) is 2.58. The Kier molecular flexibility index (Phi) is 6.73. The van der Waals surface area contributed by atoms with Crippen LogP contribution in [0.1, 0.15) is 39.6 Å². The minimum absolute atomic E-state index is 0. The number of methoxy groups -OCH3 is 1. The van der Waals surface area contributed by atoms with E-state index in [0.717, 1.165) is 0 Å².